The zero-order valence-corrected chi connectivity index (χ0v) is 25.1. The Kier molecular flexibility index (Phi) is 10.7. The fraction of sp³-hybridized carbons (Fsp3) is 0.857. The van der Waals surface area contributed by atoms with Gasteiger partial charge in [0.15, 0.2) is 0 Å². The van der Waals surface area contributed by atoms with Crippen LogP contribution in [0.1, 0.15) is 102 Å². The van der Waals surface area contributed by atoms with Crippen LogP contribution in [0, 0.1) is 22.7 Å². The molecular formula is C28H54N6O. The van der Waals surface area contributed by atoms with Crippen LogP contribution in [0.25, 0.3) is 0 Å². The van der Waals surface area contributed by atoms with Crippen molar-refractivity contribution < 1.29 is 4.74 Å². The van der Waals surface area contributed by atoms with E-state index in [1.807, 2.05) is 16.7 Å². The molecule has 0 bridgehead atoms. The fourth-order valence-corrected chi connectivity index (χ4v) is 3.47. The van der Waals surface area contributed by atoms with Gasteiger partial charge in [0.2, 0.25) is 0 Å². The molecule has 0 aliphatic heterocycles. The SMILES string of the molecule is C=C(CC(C)(CC)COCC(C)(C)Cc1cn(C(C)(C)C(C)C)nn1)N=NN(C)C(C)(C)C(C)C. The van der Waals surface area contributed by atoms with Gasteiger partial charge in [-0.3, -0.25) is 5.01 Å². The third-order valence-corrected chi connectivity index (χ3v) is 8.20. The minimum Gasteiger partial charge on any atom is -0.380 e. The first-order chi connectivity index (χ1) is 15.9. The Morgan fingerprint density at radius 3 is 2.17 bits per heavy atom. The largest absolute Gasteiger partial charge is 0.380 e. The quantitative estimate of drug-likeness (QED) is 0.191. The molecule has 0 amide bonds. The van der Waals surface area contributed by atoms with E-state index in [1.54, 1.807) is 0 Å². The van der Waals surface area contributed by atoms with E-state index < -0.39 is 0 Å². The molecule has 1 aromatic heterocycles. The highest BCUT2D eigenvalue weighted by Gasteiger charge is 2.30. The third kappa shape index (κ3) is 9.00. The normalized spacial score (nSPS) is 15.3. The maximum absolute atomic E-state index is 6.27. The van der Waals surface area contributed by atoms with Gasteiger partial charge in [-0.25, -0.2) is 4.68 Å². The smallest absolute Gasteiger partial charge is 0.0833 e. The first-order valence-corrected chi connectivity index (χ1v) is 13.2. The molecule has 0 fully saturated rings. The molecule has 0 aromatic carbocycles. The van der Waals surface area contributed by atoms with Gasteiger partial charge >= 0.3 is 0 Å². The van der Waals surface area contributed by atoms with Gasteiger partial charge in [0.1, 0.15) is 0 Å². The number of hydrogen-bond donors (Lipinski definition) is 0. The molecule has 1 heterocycles. The van der Waals surface area contributed by atoms with Gasteiger partial charge in [-0.15, -0.1) is 10.2 Å². The van der Waals surface area contributed by atoms with E-state index in [2.05, 4.69) is 117 Å². The van der Waals surface area contributed by atoms with Crippen LogP contribution in [0.5, 0.6) is 0 Å². The summed E-state index contributed by atoms with van der Waals surface area (Å²) in [5, 5.41) is 19.7. The van der Waals surface area contributed by atoms with E-state index in [-0.39, 0.29) is 21.9 Å². The van der Waals surface area contributed by atoms with E-state index in [0.29, 0.717) is 25.0 Å². The monoisotopic (exact) mass is 490 g/mol. The van der Waals surface area contributed by atoms with Crippen LogP contribution in [0.2, 0.25) is 0 Å². The third-order valence-electron chi connectivity index (χ3n) is 8.20. The summed E-state index contributed by atoms with van der Waals surface area (Å²) in [5.41, 5.74) is 1.58. The summed E-state index contributed by atoms with van der Waals surface area (Å²) in [5.74, 6) is 0.931. The van der Waals surface area contributed by atoms with Crippen LogP contribution in [0.15, 0.2) is 28.8 Å². The summed E-state index contributed by atoms with van der Waals surface area (Å²) >= 11 is 0. The van der Waals surface area contributed by atoms with E-state index in [1.165, 1.54) is 0 Å². The molecule has 0 spiro atoms. The summed E-state index contributed by atoms with van der Waals surface area (Å²) in [7, 11) is 1.98. The molecule has 7 heteroatoms. The van der Waals surface area contributed by atoms with Crippen LogP contribution in [0.3, 0.4) is 0 Å². The van der Waals surface area contributed by atoms with E-state index in [0.717, 1.165) is 30.7 Å². The van der Waals surface area contributed by atoms with Crippen LogP contribution < -0.4 is 0 Å². The van der Waals surface area contributed by atoms with Crippen molar-refractivity contribution in [2.24, 2.45) is 33.0 Å². The van der Waals surface area contributed by atoms with Gasteiger partial charge in [-0.2, -0.15) is 0 Å². The lowest BCUT2D eigenvalue weighted by molar-refractivity contribution is 0.00700. The Morgan fingerprint density at radius 2 is 1.66 bits per heavy atom. The number of rotatable bonds is 15. The van der Waals surface area contributed by atoms with Crippen molar-refractivity contribution in [3.63, 3.8) is 0 Å². The van der Waals surface area contributed by atoms with Crippen molar-refractivity contribution in [1.82, 2.24) is 20.0 Å². The number of aromatic nitrogens is 3. The first kappa shape index (κ1) is 31.3. The summed E-state index contributed by atoms with van der Waals surface area (Å²) in [6, 6.07) is 0. The first-order valence-electron chi connectivity index (χ1n) is 13.2. The average Bonchev–Trinajstić information content (AvgIpc) is 3.19. The van der Waals surface area contributed by atoms with Gasteiger partial charge in [0, 0.05) is 19.7 Å². The number of allylic oxidation sites excluding steroid dienone is 1. The lowest BCUT2D eigenvalue weighted by atomic mass is 9.83. The average molecular weight is 491 g/mol. The lowest BCUT2D eigenvalue weighted by Gasteiger charge is -2.36. The molecule has 1 unspecified atom stereocenters. The summed E-state index contributed by atoms with van der Waals surface area (Å²) in [6.07, 6.45) is 4.64. The Hall–Kier alpha value is -1.76. The van der Waals surface area contributed by atoms with Gasteiger partial charge in [0.05, 0.1) is 35.7 Å². The summed E-state index contributed by atoms with van der Waals surface area (Å²) < 4.78 is 8.27. The van der Waals surface area contributed by atoms with Gasteiger partial charge in [-0.1, -0.05) is 72.4 Å². The molecule has 1 rings (SSSR count). The number of hydrogen-bond acceptors (Lipinski definition) is 5. The van der Waals surface area contributed by atoms with Gasteiger partial charge < -0.3 is 4.74 Å². The van der Waals surface area contributed by atoms with Crippen molar-refractivity contribution in [2.45, 2.75) is 113 Å². The van der Waals surface area contributed by atoms with Crippen LogP contribution in [0.4, 0.5) is 0 Å². The van der Waals surface area contributed by atoms with E-state index in [9.17, 15) is 0 Å². The zero-order chi connectivity index (χ0) is 27.2. The Morgan fingerprint density at radius 1 is 1.06 bits per heavy atom. The molecule has 0 saturated heterocycles. The molecule has 0 aliphatic carbocycles. The Bertz CT molecular complexity index is 836. The molecule has 35 heavy (non-hydrogen) atoms. The summed E-state index contributed by atoms with van der Waals surface area (Å²) in [6.45, 7) is 31.9. The topological polar surface area (TPSA) is 67.9 Å². The van der Waals surface area contributed by atoms with Gasteiger partial charge in [-0.05, 0) is 63.2 Å². The minimum atomic E-state index is -0.0670. The molecular weight excluding hydrogens is 436 g/mol. The van der Waals surface area contributed by atoms with Gasteiger partial charge in [0.25, 0.3) is 0 Å². The Labute approximate surface area is 215 Å². The lowest BCUT2D eigenvalue weighted by Crippen LogP contribution is -2.42. The van der Waals surface area contributed by atoms with Crippen molar-refractivity contribution in [3.05, 3.63) is 24.2 Å². The molecule has 0 N–H and O–H groups in total. The highest BCUT2D eigenvalue weighted by Crippen LogP contribution is 2.32. The highest BCUT2D eigenvalue weighted by molar-refractivity contribution is 5.00. The number of nitrogens with zero attached hydrogens (tertiary/aromatic N) is 6. The minimum absolute atomic E-state index is 0.0389. The second-order valence-electron chi connectivity index (χ2n) is 13.2. The van der Waals surface area contributed by atoms with Crippen molar-refractivity contribution in [2.75, 3.05) is 20.3 Å². The molecule has 1 atom stereocenters. The standard InChI is InChI=1S/C28H54N6O/c1-15-28(13,16-23(6)29-31-33(14)26(9,10)21(2)3)20-35-19-25(7,8)17-24-18-34(32-30-24)27(11,12)22(4)5/h18,21-22H,6,15-17,19-20H2,1-5,7-14H3. The molecule has 0 radical (unpaired) electrons. The van der Waals surface area contributed by atoms with Crippen molar-refractivity contribution in [3.8, 4) is 0 Å². The van der Waals surface area contributed by atoms with Crippen LogP contribution >= 0.6 is 0 Å². The molecule has 7 nitrogen and oxygen atoms in total. The Balaban J connectivity index is 2.67. The maximum Gasteiger partial charge on any atom is 0.0833 e. The number of ether oxygens (including phenoxy) is 1. The predicted molar refractivity (Wildman–Crippen MR) is 146 cm³/mol. The van der Waals surface area contributed by atoms with Crippen molar-refractivity contribution >= 4 is 0 Å². The van der Waals surface area contributed by atoms with Crippen LogP contribution in [-0.4, -0.2) is 45.8 Å². The fourth-order valence-electron chi connectivity index (χ4n) is 3.47. The molecule has 202 valence electrons. The molecule has 1 aromatic rings. The second-order valence-corrected chi connectivity index (χ2v) is 13.2. The second kappa shape index (κ2) is 12.0. The van der Waals surface area contributed by atoms with E-state index >= 15 is 0 Å². The summed E-state index contributed by atoms with van der Waals surface area (Å²) in [4.78, 5) is 0. The molecule has 0 saturated carbocycles. The van der Waals surface area contributed by atoms with E-state index in [4.69, 9.17) is 4.74 Å². The maximum atomic E-state index is 6.27. The van der Waals surface area contributed by atoms with Crippen molar-refractivity contribution in [1.29, 1.82) is 0 Å². The van der Waals surface area contributed by atoms with Crippen LogP contribution in [-0.2, 0) is 16.7 Å². The molecule has 0 aliphatic rings. The predicted octanol–water partition coefficient (Wildman–Crippen LogP) is 7.31. The highest BCUT2D eigenvalue weighted by atomic mass is 16.5. The zero-order valence-electron chi connectivity index (χ0n) is 25.1.